The van der Waals surface area contributed by atoms with Gasteiger partial charge < -0.3 is 15.0 Å². The first-order valence-corrected chi connectivity index (χ1v) is 10.8. The zero-order valence-corrected chi connectivity index (χ0v) is 19.4. The third-order valence-corrected chi connectivity index (χ3v) is 5.36. The van der Waals surface area contributed by atoms with E-state index in [9.17, 15) is 9.59 Å². The molecule has 0 unspecified atom stereocenters. The molecular formula is C21H23BrCl2N2O3. The Morgan fingerprint density at radius 1 is 1.17 bits per heavy atom. The van der Waals surface area contributed by atoms with E-state index in [0.29, 0.717) is 27.9 Å². The van der Waals surface area contributed by atoms with Crippen molar-refractivity contribution < 1.29 is 14.3 Å². The number of hydrogen-bond acceptors (Lipinski definition) is 3. The van der Waals surface area contributed by atoms with Crippen LogP contribution < -0.4 is 10.1 Å². The molecule has 156 valence electrons. The van der Waals surface area contributed by atoms with Gasteiger partial charge in [-0.1, -0.05) is 52.1 Å². The Morgan fingerprint density at radius 3 is 2.48 bits per heavy atom. The summed E-state index contributed by atoms with van der Waals surface area (Å²) in [6.45, 7) is 4.17. The van der Waals surface area contributed by atoms with Crippen molar-refractivity contribution in [3.05, 3.63) is 62.5 Å². The molecule has 0 fully saturated rings. The van der Waals surface area contributed by atoms with Crippen LogP contribution in [-0.4, -0.2) is 35.9 Å². The van der Waals surface area contributed by atoms with Gasteiger partial charge in [0.25, 0.3) is 5.91 Å². The Hall–Kier alpha value is -1.76. The second-order valence-corrected chi connectivity index (χ2v) is 8.23. The quantitative estimate of drug-likeness (QED) is 0.521. The summed E-state index contributed by atoms with van der Waals surface area (Å²) in [6, 6.07) is 11.5. The van der Waals surface area contributed by atoms with E-state index >= 15 is 0 Å². The first kappa shape index (κ1) is 23.5. The maximum absolute atomic E-state index is 12.9. The minimum atomic E-state index is -0.686. The summed E-state index contributed by atoms with van der Waals surface area (Å²) < 4.78 is 6.52. The predicted molar refractivity (Wildman–Crippen MR) is 119 cm³/mol. The molecule has 1 N–H and O–H groups in total. The van der Waals surface area contributed by atoms with E-state index in [-0.39, 0.29) is 25.0 Å². The van der Waals surface area contributed by atoms with Gasteiger partial charge in [0.15, 0.2) is 6.61 Å². The largest absolute Gasteiger partial charge is 0.484 e. The van der Waals surface area contributed by atoms with Crippen molar-refractivity contribution in [2.75, 3.05) is 13.2 Å². The van der Waals surface area contributed by atoms with Gasteiger partial charge in [-0.2, -0.15) is 0 Å². The lowest BCUT2D eigenvalue weighted by molar-refractivity contribution is -0.142. The number of halogens is 3. The monoisotopic (exact) mass is 500 g/mol. The van der Waals surface area contributed by atoms with Gasteiger partial charge in [0.2, 0.25) is 5.91 Å². The van der Waals surface area contributed by atoms with Crippen LogP contribution in [0.15, 0.2) is 46.9 Å². The lowest BCUT2D eigenvalue weighted by Crippen LogP contribution is -2.49. The fraction of sp³-hybridized carbons (Fsp3) is 0.333. The first-order chi connectivity index (χ1) is 13.8. The lowest BCUT2D eigenvalue weighted by Gasteiger charge is -2.29. The third-order valence-electron chi connectivity index (χ3n) is 4.25. The van der Waals surface area contributed by atoms with Crippen molar-refractivity contribution in [3.63, 3.8) is 0 Å². The number of carbonyl (C=O) groups is 2. The highest BCUT2D eigenvalue weighted by Crippen LogP contribution is 2.23. The van der Waals surface area contributed by atoms with E-state index in [1.165, 1.54) is 4.90 Å². The van der Waals surface area contributed by atoms with Crippen LogP contribution in [0.1, 0.15) is 25.8 Å². The molecule has 0 aliphatic heterocycles. The summed E-state index contributed by atoms with van der Waals surface area (Å²) in [5.41, 5.74) is 0.697. The zero-order chi connectivity index (χ0) is 21.4. The number of nitrogens with zero attached hydrogens (tertiary/aromatic N) is 1. The Labute approximate surface area is 189 Å². The van der Waals surface area contributed by atoms with Gasteiger partial charge in [0, 0.05) is 27.6 Å². The molecule has 0 bridgehead atoms. The molecule has 0 saturated carbocycles. The smallest absolute Gasteiger partial charge is 0.261 e. The van der Waals surface area contributed by atoms with E-state index in [2.05, 4.69) is 21.2 Å². The average molecular weight is 502 g/mol. The molecule has 0 aliphatic carbocycles. The highest BCUT2D eigenvalue weighted by Gasteiger charge is 2.27. The minimum absolute atomic E-state index is 0.166. The van der Waals surface area contributed by atoms with Crippen molar-refractivity contribution in [1.29, 1.82) is 0 Å². The van der Waals surface area contributed by atoms with E-state index in [1.54, 1.807) is 37.3 Å². The van der Waals surface area contributed by atoms with Gasteiger partial charge in [-0.05, 0) is 55.3 Å². The number of ether oxygens (including phenoxy) is 1. The molecule has 5 nitrogen and oxygen atoms in total. The number of carbonyl (C=O) groups excluding carboxylic acids is 2. The molecule has 0 radical (unpaired) electrons. The van der Waals surface area contributed by atoms with Crippen molar-refractivity contribution in [3.8, 4) is 5.75 Å². The summed E-state index contributed by atoms with van der Waals surface area (Å²) in [6.07, 6.45) is 0.808. The van der Waals surface area contributed by atoms with Crippen LogP contribution in [0.4, 0.5) is 0 Å². The minimum Gasteiger partial charge on any atom is -0.484 e. The van der Waals surface area contributed by atoms with Gasteiger partial charge in [-0.3, -0.25) is 9.59 Å². The van der Waals surface area contributed by atoms with Crippen LogP contribution in [0.25, 0.3) is 0 Å². The van der Waals surface area contributed by atoms with Crippen LogP contribution in [0.3, 0.4) is 0 Å². The SMILES string of the molecule is CCCNC(=O)[C@@H](C)N(Cc1ccc(Cl)cc1Cl)C(=O)COc1ccc(Br)cc1. The highest BCUT2D eigenvalue weighted by molar-refractivity contribution is 9.10. The normalized spacial score (nSPS) is 11.6. The predicted octanol–water partition coefficient (Wildman–Crippen LogP) is 5.08. The lowest BCUT2D eigenvalue weighted by atomic mass is 10.1. The van der Waals surface area contributed by atoms with E-state index in [4.69, 9.17) is 27.9 Å². The summed E-state index contributed by atoms with van der Waals surface area (Å²) >= 11 is 15.6. The number of amides is 2. The van der Waals surface area contributed by atoms with Crippen molar-refractivity contribution in [1.82, 2.24) is 10.2 Å². The summed E-state index contributed by atoms with van der Waals surface area (Å²) in [4.78, 5) is 26.9. The molecule has 0 heterocycles. The second kappa shape index (κ2) is 11.4. The second-order valence-electron chi connectivity index (χ2n) is 6.47. The summed E-state index contributed by atoms with van der Waals surface area (Å²) in [5.74, 6) is 0.0149. The molecule has 0 spiro atoms. The Morgan fingerprint density at radius 2 is 1.86 bits per heavy atom. The Kier molecular flexibility index (Phi) is 9.27. The molecule has 2 aromatic carbocycles. The van der Waals surface area contributed by atoms with Crippen LogP contribution >= 0.6 is 39.1 Å². The molecule has 1 atom stereocenters. The molecule has 0 aliphatic rings. The van der Waals surface area contributed by atoms with E-state index in [0.717, 1.165) is 10.9 Å². The maximum atomic E-state index is 12.9. The Bertz CT molecular complexity index is 846. The first-order valence-electron chi connectivity index (χ1n) is 9.21. The average Bonchev–Trinajstić information content (AvgIpc) is 2.70. The van der Waals surface area contributed by atoms with Gasteiger partial charge in [0.05, 0.1) is 0 Å². The highest BCUT2D eigenvalue weighted by atomic mass is 79.9. The third kappa shape index (κ3) is 7.21. The molecular weight excluding hydrogens is 479 g/mol. The molecule has 0 aromatic heterocycles. The van der Waals surface area contributed by atoms with Gasteiger partial charge in [-0.25, -0.2) is 0 Å². The Balaban J connectivity index is 2.16. The summed E-state index contributed by atoms with van der Waals surface area (Å²) in [5, 5.41) is 3.76. The van der Waals surface area contributed by atoms with Crippen molar-refractivity contribution in [2.24, 2.45) is 0 Å². The van der Waals surface area contributed by atoms with Crippen LogP contribution in [0.5, 0.6) is 5.75 Å². The zero-order valence-electron chi connectivity index (χ0n) is 16.3. The van der Waals surface area contributed by atoms with E-state index < -0.39 is 6.04 Å². The van der Waals surface area contributed by atoms with Crippen molar-refractivity contribution in [2.45, 2.75) is 32.9 Å². The van der Waals surface area contributed by atoms with Gasteiger partial charge in [0.1, 0.15) is 11.8 Å². The van der Waals surface area contributed by atoms with E-state index in [1.807, 2.05) is 19.1 Å². The molecule has 0 saturated heterocycles. The molecule has 2 rings (SSSR count). The standard InChI is InChI=1S/C21H23BrCl2N2O3/c1-3-10-25-21(28)14(2)26(12-15-4-7-17(23)11-19(15)24)20(27)13-29-18-8-5-16(22)6-9-18/h4-9,11,14H,3,10,12-13H2,1-2H3,(H,25,28)/t14-/m1/s1. The van der Waals surface area contributed by atoms with Crippen LogP contribution in [-0.2, 0) is 16.1 Å². The summed E-state index contributed by atoms with van der Waals surface area (Å²) in [7, 11) is 0. The van der Waals surface area contributed by atoms with Crippen LogP contribution in [0.2, 0.25) is 10.0 Å². The van der Waals surface area contributed by atoms with Crippen molar-refractivity contribution >= 4 is 50.9 Å². The number of benzene rings is 2. The number of hydrogen-bond donors (Lipinski definition) is 1. The number of nitrogens with one attached hydrogen (secondary N) is 1. The van der Waals surface area contributed by atoms with Gasteiger partial charge >= 0.3 is 0 Å². The van der Waals surface area contributed by atoms with Crippen LogP contribution in [0, 0.1) is 0 Å². The molecule has 2 amide bonds. The number of rotatable bonds is 9. The topological polar surface area (TPSA) is 58.6 Å². The fourth-order valence-electron chi connectivity index (χ4n) is 2.57. The van der Waals surface area contributed by atoms with Gasteiger partial charge in [-0.15, -0.1) is 0 Å². The molecule has 8 heteroatoms. The fourth-order valence-corrected chi connectivity index (χ4v) is 3.30. The molecule has 29 heavy (non-hydrogen) atoms. The molecule has 2 aromatic rings. The maximum Gasteiger partial charge on any atom is 0.261 e.